The molecule has 0 unspecified atom stereocenters. The monoisotopic (exact) mass is 395 g/mol. The minimum atomic E-state index is -0.418. The number of ether oxygens (including phenoxy) is 3. The molecule has 0 fully saturated rings. The Morgan fingerprint density at radius 1 is 1.03 bits per heavy atom. The van der Waals surface area contributed by atoms with E-state index in [1.54, 1.807) is 38.5 Å². The second kappa shape index (κ2) is 9.36. The number of methoxy groups -OCH3 is 3. The highest BCUT2D eigenvalue weighted by Crippen LogP contribution is 2.27. The van der Waals surface area contributed by atoms with E-state index in [9.17, 15) is 4.79 Å². The van der Waals surface area contributed by atoms with Crippen LogP contribution in [0.2, 0.25) is 0 Å². The van der Waals surface area contributed by atoms with Crippen LogP contribution in [0, 0.1) is 0 Å². The third-order valence-electron chi connectivity index (χ3n) is 4.02. The van der Waals surface area contributed by atoms with E-state index in [0.29, 0.717) is 41.1 Å². The maximum absolute atomic E-state index is 11.7. The van der Waals surface area contributed by atoms with E-state index in [2.05, 4.69) is 25.8 Å². The van der Waals surface area contributed by atoms with Gasteiger partial charge in [0.05, 0.1) is 33.1 Å². The molecule has 2 N–H and O–H groups in total. The van der Waals surface area contributed by atoms with Crippen molar-refractivity contribution in [3.8, 4) is 11.5 Å². The van der Waals surface area contributed by atoms with Crippen molar-refractivity contribution in [2.24, 2.45) is 0 Å². The average molecular weight is 395 g/mol. The number of rotatable bonds is 8. The van der Waals surface area contributed by atoms with Crippen molar-refractivity contribution >= 4 is 23.4 Å². The lowest BCUT2D eigenvalue weighted by Gasteiger charge is -2.11. The summed E-state index contributed by atoms with van der Waals surface area (Å²) in [5, 5.41) is 14.1. The molecule has 0 aliphatic carbocycles. The topological polar surface area (TPSA) is 107 Å². The molecule has 3 aromatic rings. The number of hydrogen-bond acceptors (Lipinski definition) is 9. The van der Waals surface area contributed by atoms with Crippen LogP contribution in [0.4, 0.5) is 17.5 Å². The Balaban J connectivity index is 1.68. The largest absolute Gasteiger partial charge is 0.493 e. The molecule has 0 saturated heterocycles. The fraction of sp³-hybridized carbons (Fsp3) is 0.200. The average Bonchev–Trinajstić information content (AvgIpc) is 2.77. The zero-order chi connectivity index (χ0) is 20.6. The van der Waals surface area contributed by atoms with Crippen LogP contribution in [0.25, 0.3) is 0 Å². The molecule has 0 spiro atoms. The van der Waals surface area contributed by atoms with Crippen LogP contribution in [0.15, 0.2) is 48.7 Å². The Morgan fingerprint density at radius 2 is 1.86 bits per heavy atom. The van der Waals surface area contributed by atoms with Crippen LogP contribution in [0.5, 0.6) is 11.5 Å². The normalized spacial score (nSPS) is 10.2. The van der Waals surface area contributed by atoms with Gasteiger partial charge in [-0.25, -0.2) is 4.79 Å². The van der Waals surface area contributed by atoms with Gasteiger partial charge in [-0.1, -0.05) is 12.1 Å². The zero-order valence-corrected chi connectivity index (χ0v) is 16.3. The van der Waals surface area contributed by atoms with Gasteiger partial charge >= 0.3 is 5.97 Å². The number of anilines is 3. The van der Waals surface area contributed by atoms with Crippen LogP contribution in [0.1, 0.15) is 15.9 Å². The molecule has 0 aliphatic heterocycles. The summed E-state index contributed by atoms with van der Waals surface area (Å²) in [5.74, 6) is 1.74. The summed E-state index contributed by atoms with van der Waals surface area (Å²) in [4.78, 5) is 16.0. The van der Waals surface area contributed by atoms with Crippen LogP contribution >= 0.6 is 0 Å². The first-order chi connectivity index (χ1) is 14.1. The Labute approximate surface area is 168 Å². The molecule has 29 heavy (non-hydrogen) atoms. The molecule has 9 nitrogen and oxygen atoms in total. The number of benzene rings is 2. The summed E-state index contributed by atoms with van der Waals surface area (Å²) in [6.07, 6.45) is 1.52. The molecule has 9 heteroatoms. The van der Waals surface area contributed by atoms with Gasteiger partial charge in [0.1, 0.15) is 0 Å². The third kappa shape index (κ3) is 5.10. The Hall–Kier alpha value is -3.88. The van der Waals surface area contributed by atoms with E-state index in [1.807, 2.05) is 18.2 Å². The van der Waals surface area contributed by atoms with Crippen molar-refractivity contribution in [2.75, 3.05) is 32.0 Å². The molecular weight excluding hydrogens is 374 g/mol. The van der Waals surface area contributed by atoms with Gasteiger partial charge in [-0.05, 0) is 35.9 Å². The number of nitrogens with zero attached hydrogens (tertiary/aromatic N) is 3. The Kier molecular flexibility index (Phi) is 6.41. The first kappa shape index (κ1) is 19.9. The van der Waals surface area contributed by atoms with E-state index in [1.165, 1.54) is 13.3 Å². The highest BCUT2D eigenvalue weighted by atomic mass is 16.5. The molecular formula is C20H21N5O4. The van der Waals surface area contributed by atoms with Crippen molar-refractivity contribution in [1.82, 2.24) is 15.2 Å². The summed E-state index contributed by atoms with van der Waals surface area (Å²) in [5.41, 5.74) is 2.06. The molecule has 2 aromatic carbocycles. The van der Waals surface area contributed by atoms with E-state index in [-0.39, 0.29) is 0 Å². The predicted octanol–water partition coefficient (Wildman–Crippen LogP) is 3.03. The fourth-order valence-electron chi connectivity index (χ4n) is 2.60. The first-order valence-corrected chi connectivity index (χ1v) is 8.73. The number of nitrogens with one attached hydrogen (secondary N) is 2. The molecule has 0 atom stereocenters. The van der Waals surface area contributed by atoms with Crippen LogP contribution in [-0.4, -0.2) is 42.5 Å². The minimum absolute atomic E-state index is 0.296. The van der Waals surface area contributed by atoms with E-state index in [0.717, 1.165) is 5.56 Å². The van der Waals surface area contributed by atoms with Gasteiger partial charge in [-0.15, -0.1) is 5.10 Å². The fourth-order valence-corrected chi connectivity index (χ4v) is 2.60. The van der Waals surface area contributed by atoms with Gasteiger partial charge in [0.25, 0.3) is 0 Å². The second-order valence-corrected chi connectivity index (χ2v) is 5.91. The van der Waals surface area contributed by atoms with E-state index < -0.39 is 5.97 Å². The van der Waals surface area contributed by atoms with Crippen LogP contribution < -0.4 is 20.1 Å². The summed E-state index contributed by atoms with van der Waals surface area (Å²) < 4.78 is 15.3. The summed E-state index contributed by atoms with van der Waals surface area (Å²) in [7, 11) is 4.53. The standard InChI is InChI=1S/C20H21N5O4/c1-27-16-8-7-13(9-17(16)28-2)11-21-18-12-22-25-20(24-18)23-15-6-4-5-14(10-15)19(26)29-3/h4-10,12H,11H2,1-3H3,(H2,21,23,24,25). The smallest absolute Gasteiger partial charge is 0.337 e. The molecule has 0 saturated carbocycles. The SMILES string of the molecule is COC(=O)c1cccc(Nc2nncc(NCc3ccc(OC)c(OC)c3)n2)c1. The van der Waals surface area contributed by atoms with Crippen LogP contribution in [0.3, 0.4) is 0 Å². The van der Waals surface area contributed by atoms with Gasteiger partial charge in [0.2, 0.25) is 5.95 Å². The molecule has 0 aliphatic rings. The lowest BCUT2D eigenvalue weighted by Crippen LogP contribution is -2.06. The maximum Gasteiger partial charge on any atom is 0.337 e. The molecule has 150 valence electrons. The number of carbonyl (C=O) groups excluding carboxylic acids is 1. The Morgan fingerprint density at radius 3 is 2.62 bits per heavy atom. The summed E-state index contributed by atoms with van der Waals surface area (Å²) in [6.45, 7) is 0.510. The maximum atomic E-state index is 11.7. The molecule has 3 rings (SSSR count). The molecule has 0 radical (unpaired) electrons. The third-order valence-corrected chi connectivity index (χ3v) is 4.02. The van der Waals surface area contributed by atoms with Crippen molar-refractivity contribution in [3.63, 3.8) is 0 Å². The van der Waals surface area contributed by atoms with Crippen molar-refractivity contribution in [1.29, 1.82) is 0 Å². The summed E-state index contributed by atoms with van der Waals surface area (Å²) >= 11 is 0. The zero-order valence-electron chi connectivity index (χ0n) is 16.3. The molecule has 1 heterocycles. The first-order valence-electron chi connectivity index (χ1n) is 8.73. The summed E-state index contributed by atoms with van der Waals surface area (Å²) in [6, 6.07) is 12.5. The Bertz CT molecular complexity index is 996. The van der Waals surface area contributed by atoms with E-state index in [4.69, 9.17) is 14.2 Å². The van der Waals surface area contributed by atoms with Gasteiger partial charge in [-0.3, -0.25) is 0 Å². The van der Waals surface area contributed by atoms with Gasteiger partial charge in [-0.2, -0.15) is 10.1 Å². The minimum Gasteiger partial charge on any atom is -0.493 e. The molecule has 0 amide bonds. The van der Waals surface area contributed by atoms with Gasteiger partial charge < -0.3 is 24.8 Å². The van der Waals surface area contributed by atoms with Crippen LogP contribution in [-0.2, 0) is 11.3 Å². The van der Waals surface area contributed by atoms with Crippen molar-refractivity contribution in [3.05, 3.63) is 59.8 Å². The lowest BCUT2D eigenvalue weighted by molar-refractivity contribution is 0.0601. The number of esters is 1. The number of aromatic nitrogens is 3. The highest BCUT2D eigenvalue weighted by molar-refractivity contribution is 5.90. The molecule has 0 bridgehead atoms. The van der Waals surface area contributed by atoms with Gasteiger partial charge in [0, 0.05) is 12.2 Å². The lowest BCUT2D eigenvalue weighted by atomic mass is 10.2. The predicted molar refractivity (Wildman–Crippen MR) is 108 cm³/mol. The van der Waals surface area contributed by atoms with Crippen molar-refractivity contribution < 1.29 is 19.0 Å². The second-order valence-electron chi connectivity index (χ2n) is 5.91. The number of hydrogen-bond donors (Lipinski definition) is 2. The number of carbonyl (C=O) groups is 1. The van der Waals surface area contributed by atoms with Crippen molar-refractivity contribution in [2.45, 2.75) is 6.54 Å². The molecule has 1 aromatic heterocycles. The highest BCUT2D eigenvalue weighted by Gasteiger charge is 2.08. The van der Waals surface area contributed by atoms with E-state index >= 15 is 0 Å². The van der Waals surface area contributed by atoms with Gasteiger partial charge in [0.15, 0.2) is 17.3 Å². The quantitative estimate of drug-likeness (QED) is 0.556.